The summed E-state index contributed by atoms with van der Waals surface area (Å²) < 4.78 is 43.9. The summed E-state index contributed by atoms with van der Waals surface area (Å²) in [5, 5.41) is 3.56. The molecule has 10 heteroatoms. The third-order valence-electron chi connectivity index (χ3n) is 5.98. The van der Waals surface area contributed by atoms with Crippen molar-refractivity contribution in [2.45, 2.75) is 30.3 Å². The molecule has 0 aliphatic carbocycles. The van der Waals surface area contributed by atoms with Gasteiger partial charge in [-0.15, -0.1) is 24.0 Å². The molecule has 2 fully saturated rings. The topological polar surface area (TPSA) is 40.1 Å². The maximum absolute atomic E-state index is 12.7. The number of thioether (sulfide) groups is 1. The summed E-state index contributed by atoms with van der Waals surface area (Å²) in [6.07, 6.45) is -0.0412. The van der Waals surface area contributed by atoms with Crippen molar-refractivity contribution in [1.29, 1.82) is 0 Å². The van der Waals surface area contributed by atoms with E-state index in [0.29, 0.717) is 6.54 Å². The summed E-state index contributed by atoms with van der Waals surface area (Å²) in [6.45, 7) is 6.54. The lowest BCUT2D eigenvalue weighted by atomic mass is 9.99. The van der Waals surface area contributed by atoms with E-state index in [1.807, 2.05) is 18.8 Å². The molecule has 0 amide bonds. The Morgan fingerprint density at radius 1 is 1.13 bits per heavy atom. The molecule has 0 spiro atoms. The minimum atomic E-state index is -4.29. The van der Waals surface area contributed by atoms with E-state index in [4.69, 9.17) is 4.74 Å². The predicted molar refractivity (Wildman–Crippen MR) is 131 cm³/mol. The molecule has 176 valence electrons. The molecule has 2 aliphatic rings. The Hall–Kier alpha value is -0.720. The van der Waals surface area contributed by atoms with E-state index >= 15 is 0 Å². The first-order valence-corrected chi connectivity index (χ1v) is 11.5. The predicted octanol–water partition coefficient (Wildman–Crippen LogP) is 3.93. The van der Waals surface area contributed by atoms with Crippen LogP contribution in [0.25, 0.3) is 0 Å². The average Bonchev–Trinajstić information content (AvgIpc) is 2.76. The summed E-state index contributed by atoms with van der Waals surface area (Å²) in [6, 6.07) is 5.47. The molecule has 3 rings (SSSR count). The van der Waals surface area contributed by atoms with Crippen molar-refractivity contribution in [3.63, 3.8) is 0 Å². The van der Waals surface area contributed by atoms with Gasteiger partial charge in [0.05, 0.1) is 5.56 Å². The fourth-order valence-corrected chi connectivity index (χ4v) is 4.74. The number of nitrogens with zero attached hydrogens (tertiary/aromatic N) is 3. The van der Waals surface area contributed by atoms with Gasteiger partial charge in [-0.1, -0.05) is 12.1 Å². The summed E-state index contributed by atoms with van der Waals surface area (Å²) in [5.41, 5.74) is 0.305. The van der Waals surface area contributed by atoms with Crippen LogP contribution in [0, 0.1) is 0 Å². The van der Waals surface area contributed by atoms with Crippen molar-refractivity contribution in [3.8, 4) is 0 Å². The molecule has 0 radical (unpaired) electrons. The highest BCUT2D eigenvalue weighted by atomic mass is 127. The highest BCUT2D eigenvalue weighted by Gasteiger charge is 2.33. The van der Waals surface area contributed by atoms with E-state index in [0.717, 1.165) is 82.4 Å². The molecule has 2 heterocycles. The van der Waals surface area contributed by atoms with E-state index in [1.54, 1.807) is 12.1 Å². The quantitative estimate of drug-likeness (QED) is 0.329. The van der Waals surface area contributed by atoms with Gasteiger partial charge >= 0.3 is 6.18 Å². The average molecular weight is 572 g/mol. The lowest BCUT2D eigenvalue weighted by Gasteiger charge is -2.39. The maximum atomic E-state index is 12.7. The van der Waals surface area contributed by atoms with E-state index in [9.17, 15) is 13.2 Å². The van der Waals surface area contributed by atoms with Crippen molar-refractivity contribution in [2.24, 2.45) is 4.99 Å². The van der Waals surface area contributed by atoms with E-state index < -0.39 is 11.7 Å². The van der Waals surface area contributed by atoms with Gasteiger partial charge < -0.3 is 15.0 Å². The van der Waals surface area contributed by atoms with Crippen molar-refractivity contribution in [3.05, 3.63) is 35.4 Å². The van der Waals surface area contributed by atoms with Crippen molar-refractivity contribution >= 4 is 41.7 Å². The molecule has 0 unspecified atom stereocenters. The van der Waals surface area contributed by atoms with Crippen LogP contribution in [0.1, 0.15) is 24.0 Å². The number of benzene rings is 1. The number of aliphatic imine (C=N–C) groups is 1. The fourth-order valence-electron chi connectivity index (χ4n) is 3.94. The van der Waals surface area contributed by atoms with Crippen LogP contribution in [0.15, 0.2) is 29.3 Å². The molecule has 2 aliphatic heterocycles. The molecular formula is C21H32F3IN4OS. The number of nitrogens with one attached hydrogen (secondary N) is 1. The molecule has 1 aromatic carbocycles. The summed E-state index contributed by atoms with van der Waals surface area (Å²) in [7, 11) is 1.81. The fraction of sp³-hybridized carbons (Fsp3) is 0.667. The van der Waals surface area contributed by atoms with Gasteiger partial charge in [-0.2, -0.15) is 24.9 Å². The number of guanidine groups is 1. The molecule has 0 aromatic heterocycles. The lowest BCUT2D eigenvalue weighted by molar-refractivity contribution is -0.137. The van der Waals surface area contributed by atoms with E-state index in [-0.39, 0.29) is 28.7 Å². The van der Waals surface area contributed by atoms with Crippen LogP contribution >= 0.6 is 35.7 Å². The van der Waals surface area contributed by atoms with Crippen molar-refractivity contribution in [2.75, 3.05) is 59.2 Å². The second-order valence-corrected chi connectivity index (χ2v) is 9.13. The molecule has 5 nitrogen and oxygen atoms in total. The lowest BCUT2D eigenvalue weighted by Crippen LogP contribution is -2.54. The Kier molecular flexibility index (Phi) is 10.2. The molecule has 2 saturated heterocycles. The zero-order chi connectivity index (χ0) is 21.6. The zero-order valence-electron chi connectivity index (χ0n) is 18.1. The van der Waals surface area contributed by atoms with Gasteiger partial charge in [0.2, 0.25) is 0 Å². The van der Waals surface area contributed by atoms with Gasteiger partial charge in [0, 0.05) is 64.3 Å². The summed E-state index contributed by atoms with van der Waals surface area (Å²) in [4.78, 5) is 9.00. The molecule has 1 N–H and O–H groups in total. The summed E-state index contributed by atoms with van der Waals surface area (Å²) >= 11 is 1.90. The van der Waals surface area contributed by atoms with E-state index in [1.165, 1.54) is 0 Å². The van der Waals surface area contributed by atoms with Gasteiger partial charge in [0.25, 0.3) is 0 Å². The third-order valence-corrected chi connectivity index (χ3v) is 7.40. The first-order chi connectivity index (χ1) is 14.3. The van der Waals surface area contributed by atoms with Crippen molar-refractivity contribution < 1.29 is 17.9 Å². The zero-order valence-corrected chi connectivity index (χ0v) is 21.2. The molecular weight excluding hydrogens is 540 g/mol. The first-order valence-electron chi connectivity index (χ1n) is 10.3. The second kappa shape index (κ2) is 11.9. The van der Waals surface area contributed by atoms with Crippen LogP contribution < -0.4 is 5.32 Å². The van der Waals surface area contributed by atoms with Gasteiger partial charge in [-0.25, -0.2) is 0 Å². The molecule has 31 heavy (non-hydrogen) atoms. The van der Waals surface area contributed by atoms with Gasteiger partial charge in [0.1, 0.15) is 0 Å². The monoisotopic (exact) mass is 572 g/mol. The van der Waals surface area contributed by atoms with Gasteiger partial charge in [0.15, 0.2) is 5.96 Å². The minimum absolute atomic E-state index is 0. The highest BCUT2D eigenvalue weighted by Crippen LogP contribution is 2.33. The van der Waals surface area contributed by atoms with Crippen LogP contribution in [-0.4, -0.2) is 79.7 Å². The minimum Gasteiger partial charge on any atom is -0.381 e. The van der Waals surface area contributed by atoms with E-state index in [2.05, 4.69) is 26.4 Å². The number of piperazine rings is 1. The van der Waals surface area contributed by atoms with Crippen LogP contribution in [0.5, 0.6) is 0 Å². The number of alkyl halides is 3. The van der Waals surface area contributed by atoms with Crippen LogP contribution in [-0.2, 0) is 17.5 Å². The number of rotatable bonds is 5. The first kappa shape index (κ1) is 26.5. The SMILES string of the molecule is CN=C(NCC1(SC)CCOCC1)N1CCN(Cc2ccc(C(F)(F)F)cc2)CC1.I. The number of hydrogen-bond acceptors (Lipinski definition) is 4. The molecule has 0 atom stereocenters. The molecule has 0 bridgehead atoms. The van der Waals surface area contributed by atoms with Gasteiger partial charge in [-0.05, 0) is 36.8 Å². The Bertz CT molecular complexity index is 704. The number of ether oxygens (including phenoxy) is 1. The van der Waals surface area contributed by atoms with Gasteiger partial charge in [-0.3, -0.25) is 9.89 Å². The third kappa shape index (κ3) is 7.40. The van der Waals surface area contributed by atoms with Crippen LogP contribution in [0.3, 0.4) is 0 Å². The molecule has 0 saturated carbocycles. The number of halogens is 4. The smallest absolute Gasteiger partial charge is 0.381 e. The Morgan fingerprint density at radius 3 is 2.26 bits per heavy atom. The van der Waals surface area contributed by atoms with Crippen LogP contribution in [0.4, 0.5) is 13.2 Å². The normalized spacial score (nSPS) is 20.3. The van der Waals surface area contributed by atoms with Crippen LogP contribution in [0.2, 0.25) is 0 Å². The Morgan fingerprint density at radius 2 is 1.74 bits per heavy atom. The largest absolute Gasteiger partial charge is 0.416 e. The number of hydrogen-bond donors (Lipinski definition) is 1. The molecule has 1 aromatic rings. The maximum Gasteiger partial charge on any atom is 0.416 e. The summed E-state index contributed by atoms with van der Waals surface area (Å²) in [5.74, 6) is 0.920. The van der Waals surface area contributed by atoms with Crippen molar-refractivity contribution in [1.82, 2.24) is 15.1 Å². The Balaban J connectivity index is 0.00000341. The highest BCUT2D eigenvalue weighted by molar-refractivity contribution is 14.0. The second-order valence-electron chi connectivity index (χ2n) is 7.86. The Labute approximate surface area is 204 Å². The standard InChI is InChI=1S/C21H31F3N4OS.HI/c1-25-19(26-16-20(30-2)7-13-29-14-8-20)28-11-9-27(10-12-28)15-17-3-5-18(6-4-17)21(22,23)24;/h3-6H,7-16H2,1-2H3,(H,25,26);1H.